The first-order valence-electron chi connectivity index (χ1n) is 6.93. The molecular formula is C16H22O4. The highest BCUT2D eigenvalue weighted by molar-refractivity contribution is 5.77. The molecule has 110 valence electrons. The Morgan fingerprint density at radius 1 is 1.20 bits per heavy atom. The van der Waals surface area contributed by atoms with E-state index in [1.165, 1.54) is 0 Å². The van der Waals surface area contributed by atoms with Gasteiger partial charge in [0.05, 0.1) is 6.61 Å². The molecule has 1 N–H and O–H groups in total. The predicted molar refractivity (Wildman–Crippen MR) is 76.8 cm³/mol. The molecule has 4 nitrogen and oxygen atoms in total. The van der Waals surface area contributed by atoms with Crippen LogP contribution in [0, 0.1) is 20.8 Å². The highest BCUT2D eigenvalue weighted by Gasteiger charge is 2.32. The maximum atomic E-state index is 11.3. The molecule has 0 atom stereocenters. The summed E-state index contributed by atoms with van der Waals surface area (Å²) in [7, 11) is 0. The molecule has 0 amide bonds. The molecule has 0 fully saturated rings. The van der Waals surface area contributed by atoms with Crippen molar-refractivity contribution in [1.82, 2.24) is 0 Å². The van der Waals surface area contributed by atoms with Crippen LogP contribution in [0.1, 0.15) is 42.5 Å². The number of ether oxygens (including phenoxy) is 2. The van der Waals surface area contributed by atoms with E-state index >= 15 is 0 Å². The van der Waals surface area contributed by atoms with Crippen LogP contribution in [-0.4, -0.2) is 23.3 Å². The van der Waals surface area contributed by atoms with Gasteiger partial charge in [-0.1, -0.05) is 0 Å². The SMILES string of the molecule is Cc1c(C)c2c(c(C)c1OC(C)(C)C(=O)O)CCCO2. The van der Waals surface area contributed by atoms with Gasteiger partial charge >= 0.3 is 5.97 Å². The van der Waals surface area contributed by atoms with Crippen LogP contribution in [0.25, 0.3) is 0 Å². The molecule has 4 heteroatoms. The van der Waals surface area contributed by atoms with Gasteiger partial charge in [-0.15, -0.1) is 0 Å². The van der Waals surface area contributed by atoms with Crippen molar-refractivity contribution in [1.29, 1.82) is 0 Å². The van der Waals surface area contributed by atoms with E-state index in [0.717, 1.165) is 47.5 Å². The van der Waals surface area contributed by atoms with Crippen LogP contribution in [0.2, 0.25) is 0 Å². The number of benzene rings is 1. The van der Waals surface area contributed by atoms with Gasteiger partial charge in [-0.25, -0.2) is 4.79 Å². The molecular weight excluding hydrogens is 256 g/mol. The number of rotatable bonds is 3. The van der Waals surface area contributed by atoms with Crippen molar-refractivity contribution >= 4 is 5.97 Å². The summed E-state index contributed by atoms with van der Waals surface area (Å²) in [5.74, 6) is 0.661. The summed E-state index contributed by atoms with van der Waals surface area (Å²) in [5, 5.41) is 9.24. The zero-order valence-electron chi connectivity index (χ0n) is 12.8. The van der Waals surface area contributed by atoms with Gasteiger partial charge in [0.1, 0.15) is 11.5 Å². The molecule has 0 aromatic heterocycles. The minimum Gasteiger partial charge on any atom is -0.493 e. The minimum absolute atomic E-state index is 0.680. The lowest BCUT2D eigenvalue weighted by Crippen LogP contribution is -2.38. The third-order valence-corrected chi connectivity index (χ3v) is 4.00. The van der Waals surface area contributed by atoms with Crippen molar-refractivity contribution in [2.24, 2.45) is 0 Å². The van der Waals surface area contributed by atoms with Crippen LogP contribution in [0.3, 0.4) is 0 Å². The Morgan fingerprint density at radius 2 is 1.85 bits per heavy atom. The molecule has 0 radical (unpaired) electrons. The van der Waals surface area contributed by atoms with E-state index in [4.69, 9.17) is 9.47 Å². The number of aliphatic carboxylic acids is 1. The lowest BCUT2D eigenvalue weighted by molar-refractivity contribution is -0.152. The molecule has 20 heavy (non-hydrogen) atoms. The van der Waals surface area contributed by atoms with Crippen molar-refractivity contribution in [3.63, 3.8) is 0 Å². The zero-order valence-corrected chi connectivity index (χ0v) is 12.8. The van der Waals surface area contributed by atoms with Gasteiger partial charge in [-0.2, -0.15) is 0 Å². The van der Waals surface area contributed by atoms with Gasteiger partial charge in [0.15, 0.2) is 5.60 Å². The second-order valence-corrected chi connectivity index (χ2v) is 5.88. The first-order chi connectivity index (χ1) is 9.25. The van der Waals surface area contributed by atoms with Crippen LogP contribution >= 0.6 is 0 Å². The Morgan fingerprint density at radius 3 is 2.45 bits per heavy atom. The normalized spacial score (nSPS) is 14.4. The standard InChI is InChI=1S/C16H22O4/c1-9-10(2)14-12(7-6-8-19-14)11(3)13(9)20-16(4,5)15(17)18/h6-8H2,1-5H3,(H,17,18). The van der Waals surface area contributed by atoms with E-state index in [-0.39, 0.29) is 0 Å². The van der Waals surface area contributed by atoms with Gasteiger partial charge in [-0.3, -0.25) is 0 Å². The summed E-state index contributed by atoms with van der Waals surface area (Å²) in [6, 6.07) is 0. The highest BCUT2D eigenvalue weighted by atomic mass is 16.5. The highest BCUT2D eigenvalue weighted by Crippen LogP contribution is 2.41. The average molecular weight is 278 g/mol. The largest absolute Gasteiger partial charge is 0.493 e. The molecule has 2 rings (SSSR count). The third-order valence-electron chi connectivity index (χ3n) is 4.00. The Labute approximate surface area is 119 Å². The molecule has 1 aliphatic heterocycles. The Kier molecular flexibility index (Phi) is 3.67. The summed E-state index contributed by atoms with van der Waals surface area (Å²) in [6.45, 7) is 9.81. The van der Waals surface area contributed by atoms with E-state index in [9.17, 15) is 9.90 Å². The fourth-order valence-electron chi connectivity index (χ4n) is 2.53. The summed E-state index contributed by atoms with van der Waals surface area (Å²) >= 11 is 0. The molecule has 0 bridgehead atoms. The second-order valence-electron chi connectivity index (χ2n) is 5.88. The van der Waals surface area contributed by atoms with Crippen LogP contribution < -0.4 is 9.47 Å². The van der Waals surface area contributed by atoms with Crippen LogP contribution in [0.5, 0.6) is 11.5 Å². The average Bonchev–Trinajstić information content (AvgIpc) is 2.41. The van der Waals surface area contributed by atoms with E-state index < -0.39 is 11.6 Å². The molecule has 0 unspecified atom stereocenters. The van der Waals surface area contributed by atoms with Crippen LogP contribution in [-0.2, 0) is 11.2 Å². The lowest BCUT2D eigenvalue weighted by atomic mass is 9.93. The monoisotopic (exact) mass is 278 g/mol. The Bertz CT molecular complexity index is 558. The zero-order chi connectivity index (χ0) is 15.1. The first kappa shape index (κ1) is 14.7. The van der Waals surface area contributed by atoms with Crippen LogP contribution in [0.15, 0.2) is 0 Å². The predicted octanol–water partition coefficient (Wildman–Crippen LogP) is 3.18. The van der Waals surface area contributed by atoms with Gasteiger partial charge in [0, 0.05) is 5.56 Å². The lowest BCUT2D eigenvalue weighted by Gasteiger charge is -2.29. The molecule has 1 aromatic rings. The molecule has 0 spiro atoms. The topological polar surface area (TPSA) is 55.8 Å². The molecule has 1 heterocycles. The number of hydrogen-bond acceptors (Lipinski definition) is 3. The van der Waals surface area contributed by atoms with E-state index in [2.05, 4.69) is 0 Å². The quantitative estimate of drug-likeness (QED) is 0.922. The summed E-state index contributed by atoms with van der Waals surface area (Å²) < 4.78 is 11.6. The number of carboxylic acid groups (broad SMARTS) is 1. The maximum Gasteiger partial charge on any atom is 0.347 e. The van der Waals surface area contributed by atoms with Gasteiger partial charge in [-0.05, 0) is 64.2 Å². The fourth-order valence-corrected chi connectivity index (χ4v) is 2.53. The molecule has 0 aliphatic carbocycles. The van der Waals surface area contributed by atoms with Crippen molar-refractivity contribution in [3.8, 4) is 11.5 Å². The molecule has 0 saturated heterocycles. The van der Waals surface area contributed by atoms with E-state index in [1.807, 2.05) is 20.8 Å². The van der Waals surface area contributed by atoms with Gasteiger partial charge in [0.25, 0.3) is 0 Å². The Hall–Kier alpha value is -1.71. The Balaban J connectivity index is 2.54. The van der Waals surface area contributed by atoms with Gasteiger partial charge < -0.3 is 14.6 Å². The number of fused-ring (bicyclic) bond motifs is 1. The van der Waals surface area contributed by atoms with Crippen LogP contribution in [0.4, 0.5) is 0 Å². The smallest absolute Gasteiger partial charge is 0.347 e. The second kappa shape index (κ2) is 5.00. The van der Waals surface area contributed by atoms with E-state index in [0.29, 0.717) is 5.75 Å². The minimum atomic E-state index is -1.24. The van der Waals surface area contributed by atoms with E-state index in [1.54, 1.807) is 13.8 Å². The summed E-state index contributed by atoms with van der Waals surface area (Å²) in [6.07, 6.45) is 1.93. The van der Waals surface area contributed by atoms with Crippen molar-refractivity contribution < 1.29 is 19.4 Å². The van der Waals surface area contributed by atoms with Crippen molar-refractivity contribution in [2.45, 2.75) is 53.1 Å². The fraction of sp³-hybridized carbons (Fsp3) is 0.562. The van der Waals surface area contributed by atoms with Crippen molar-refractivity contribution in [3.05, 3.63) is 22.3 Å². The molecule has 1 aromatic carbocycles. The maximum absolute atomic E-state index is 11.3. The summed E-state index contributed by atoms with van der Waals surface area (Å²) in [4.78, 5) is 11.3. The number of carbonyl (C=O) groups is 1. The molecule has 1 aliphatic rings. The third kappa shape index (κ3) is 2.35. The number of carboxylic acids is 1. The summed E-state index contributed by atoms with van der Waals surface area (Å²) in [5.41, 5.74) is 2.90. The van der Waals surface area contributed by atoms with Crippen molar-refractivity contribution in [2.75, 3.05) is 6.61 Å². The van der Waals surface area contributed by atoms with Gasteiger partial charge in [0.2, 0.25) is 0 Å². The molecule has 0 saturated carbocycles. The first-order valence-corrected chi connectivity index (χ1v) is 6.93. The number of hydrogen-bond donors (Lipinski definition) is 1.